The van der Waals surface area contributed by atoms with Gasteiger partial charge in [-0.05, 0) is 33.6 Å². The Morgan fingerprint density at radius 3 is 2.57 bits per heavy atom. The maximum absolute atomic E-state index is 10.5. The van der Waals surface area contributed by atoms with E-state index in [0.29, 0.717) is 0 Å². The molecule has 1 rings (SSSR count). The zero-order chi connectivity index (χ0) is 10.7. The van der Waals surface area contributed by atoms with Crippen molar-refractivity contribution in [3.05, 3.63) is 28.2 Å². The molecule has 0 amide bonds. The fraction of sp³-hybridized carbons (Fsp3) is 0.300. The summed E-state index contributed by atoms with van der Waals surface area (Å²) in [6.45, 7) is 0. The monoisotopic (exact) mass is 257 g/mol. The highest BCUT2D eigenvalue weighted by Gasteiger charge is 2.05. The lowest BCUT2D eigenvalue weighted by atomic mass is 10.1. The minimum absolute atomic E-state index is 0.0618. The van der Waals surface area contributed by atoms with Crippen molar-refractivity contribution in [3.8, 4) is 0 Å². The lowest BCUT2D eigenvalue weighted by Gasteiger charge is -2.14. The summed E-state index contributed by atoms with van der Waals surface area (Å²) in [5.74, 6) is -0.811. The van der Waals surface area contributed by atoms with Gasteiger partial charge in [0.1, 0.15) is 0 Å². The number of carboxylic acids is 1. The van der Waals surface area contributed by atoms with Crippen LogP contribution in [-0.2, 0) is 11.2 Å². The molecule has 0 aliphatic rings. The van der Waals surface area contributed by atoms with Crippen molar-refractivity contribution in [3.63, 3.8) is 0 Å². The van der Waals surface area contributed by atoms with E-state index in [4.69, 9.17) is 5.11 Å². The number of anilines is 1. The van der Waals surface area contributed by atoms with E-state index in [2.05, 4.69) is 15.9 Å². The molecule has 0 aliphatic carbocycles. The first-order chi connectivity index (χ1) is 6.50. The second-order valence-corrected chi connectivity index (χ2v) is 4.11. The van der Waals surface area contributed by atoms with Gasteiger partial charge in [-0.1, -0.05) is 6.07 Å². The Morgan fingerprint density at radius 2 is 2.14 bits per heavy atom. The van der Waals surface area contributed by atoms with Crippen LogP contribution < -0.4 is 4.90 Å². The summed E-state index contributed by atoms with van der Waals surface area (Å²) in [6.07, 6.45) is 0.0618. The Bertz CT molecular complexity index is 350. The second-order valence-electron chi connectivity index (χ2n) is 3.25. The van der Waals surface area contributed by atoms with Gasteiger partial charge in [-0.25, -0.2) is 0 Å². The first-order valence-electron chi connectivity index (χ1n) is 4.18. The van der Waals surface area contributed by atoms with E-state index in [1.807, 2.05) is 37.2 Å². The van der Waals surface area contributed by atoms with Gasteiger partial charge in [0.15, 0.2) is 0 Å². The number of halogens is 1. The Kier molecular flexibility index (Phi) is 3.52. The molecule has 0 unspecified atom stereocenters. The summed E-state index contributed by atoms with van der Waals surface area (Å²) in [7, 11) is 3.88. The number of aliphatic carboxylic acids is 1. The quantitative estimate of drug-likeness (QED) is 0.902. The number of hydrogen-bond donors (Lipinski definition) is 1. The smallest absolute Gasteiger partial charge is 0.307 e. The van der Waals surface area contributed by atoms with Crippen LogP contribution in [0.25, 0.3) is 0 Å². The summed E-state index contributed by atoms with van der Waals surface area (Å²) in [6, 6.07) is 5.57. The molecule has 0 radical (unpaired) electrons. The van der Waals surface area contributed by atoms with Gasteiger partial charge in [-0.2, -0.15) is 0 Å². The molecule has 4 heteroatoms. The van der Waals surface area contributed by atoms with E-state index in [1.54, 1.807) is 0 Å². The highest BCUT2D eigenvalue weighted by atomic mass is 79.9. The minimum atomic E-state index is -0.811. The fourth-order valence-electron chi connectivity index (χ4n) is 1.20. The van der Waals surface area contributed by atoms with Crippen molar-refractivity contribution in [2.75, 3.05) is 19.0 Å². The molecule has 76 valence electrons. The Morgan fingerprint density at radius 1 is 1.50 bits per heavy atom. The van der Waals surface area contributed by atoms with Gasteiger partial charge < -0.3 is 10.0 Å². The highest BCUT2D eigenvalue weighted by Crippen LogP contribution is 2.25. The molecule has 0 spiro atoms. The maximum Gasteiger partial charge on any atom is 0.307 e. The SMILES string of the molecule is CN(C)c1ccc(CC(=O)O)cc1Br. The Labute approximate surface area is 91.5 Å². The van der Waals surface area contributed by atoms with Crippen molar-refractivity contribution < 1.29 is 9.90 Å². The molecule has 0 fully saturated rings. The third-order valence-electron chi connectivity index (χ3n) is 1.85. The topological polar surface area (TPSA) is 40.5 Å². The molecular formula is C10H12BrNO2. The lowest BCUT2D eigenvalue weighted by molar-refractivity contribution is -0.136. The van der Waals surface area contributed by atoms with E-state index in [0.717, 1.165) is 15.7 Å². The molecule has 1 aromatic carbocycles. The van der Waals surface area contributed by atoms with Crippen LogP contribution in [0.5, 0.6) is 0 Å². The van der Waals surface area contributed by atoms with E-state index < -0.39 is 5.97 Å². The van der Waals surface area contributed by atoms with Crippen molar-refractivity contribution in [2.45, 2.75) is 6.42 Å². The van der Waals surface area contributed by atoms with Crippen molar-refractivity contribution in [1.82, 2.24) is 0 Å². The number of rotatable bonds is 3. The number of carboxylic acid groups (broad SMARTS) is 1. The predicted octanol–water partition coefficient (Wildman–Crippen LogP) is 2.14. The van der Waals surface area contributed by atoms with Gasteiger partial charge in [-0.3, -0.25) is 4.79 Å². The fourth-order valence-corrected chi connectivity index (χ4v) is 1.98. The van der Waals surface area contributed by atoms with Crippen LogP contribution in [0.1, 0.15) is 5.56 Å². The second kappa shape index (κ2) is 4.46. The van der Waals surface area contributed by atoms with E-state index in [-0.39, 0.29) is 6.42 Å². The molecule has 0 saturated heterocycles. The first-order valence-corrected chi connectivity index (χ1v) is 4.97. The van der Waals surface area contributed by atoms with Gasteiger partial charge >= 0.3 is 5.97 Å². The Balaban J connectivity index is 2.94. The van der Waals surface area contributed by atoms with Gasteiger partial charge in [0, 0.05) is 18.6 Å². The van der Waals surface area contributed by atoms with Crippen molar-refractivity contribution in [1.29, 1.82) is 0 Å². The highest BCUT2D eigenvalue weighted by molar-refractivity contribution is 9.10. The lowest BCUT2D eigenvalue weighted by Crippen LogP contribution is -2.09. The number of benzene rings is 1. The standard InChI is InChI=1S/C10H12BrNO2/c1-12(2)9-4-3-7(5-8(9)11)6-10(13)14/h3-5H,6H2,1-2H3,(H,13,14). The maximum atomic E-state index is 10.5. The van der Waals surface area contributed by atoms with Crippen molar-refractivity contribution in [2.24, 2.45) is 0 Å². The molecule has 0 saturated carbocycles. The molecule has 14 heavy (non-hydrogen) atoms. The molecule has 3 nitrogen and oxygen atoms in total. The van der Waals surface area contributed by atoms with E-state index in [1.165, 1.54) is 0 Å². The molecule has 1 aromatic rings. The predicted molar refractivity (Wildman–Crippen MR) is 59.8 cm³/mol. The largest absolute Gasteiger partial charge is 0.481 e. The molecule has 0 atom stereocenters. The normalized spacial score (nSPS) is 9.93. The van der Waals surface area contributed by atoms with Crippen molar-refractivity contribution >= 4 is 27.6 Å². The molecule has 0 aromatic heterocycles. The summed E-state index contributed by atoms with van der Waals surface area (Å²) < 4.78 is 0.918. The van der Waals surface area contributed by atoms with E-state index >= 15 is 0 Å². The third-order valence-corrected chi connectivity index (χ3v) is 2.48. The van der Waals surface area contributed by atoms with Crippen LogP contribution in [0.15, 0.2) is 22.7 Å². The summed E-state index contributed by atoms with van der Waals surface area (Å²) in [4.78, 5) is 12.4. The molecule has 0 aliphatic heterocycles. The van der Waals surface area contributed by atoms with Gasteiger partial charge in [-0.15, -0.1) is 0 Å². The Hall–Kier alpha value is -1.03. The van der Waals surface area contributed by atoms with Crippen LogP contribution in [0, 0.1) is 0 Å². The third kappa shape index (κ3) is 2.73. The molecule has 0 heterocycles. The van der Waals surface area contributed by atoms with Crippen LogP contribution in [-0.4, -0.2) is 25.2 Å². The zero-order valence-electron chi connectivity index (χ0n) is 8.12. The number of carbonyl (C=O) groups is 1. The summed E-state index contributed by atoms with van der Waals surface area (Å²) >= 11 is 3.40. The molecule has 0 bridgehead atoms. The average molecular weight is 258 g/mol. The van der Waals surface area contributed by atoms with Crippen LogP contribution >= 0.6 is 15.9 Å². The molecular weight excluding hydrogens is 246 g/mol. The van der Waals surface area contributed by atoms with Gasteiger partial charge in [0.2, 0.25) is 0 Å². The van der Waals surface area contributed by atoms with E-state index in [9.17, 15) is 4.79 Å². The first kappa shape index (κ1) is 11.0. The number of hydrogen-bond acceptors (Lipinski definition) is 2. The van der Waals surface area contributed by atoms with Crippen LogP contribution in [0.3, 0.4) is 0 Å². The molecule has 1 N–H and O–H groups in total. The van der Waals surface area contributed by atoms with Gasteiger partial charge in [0.05, 0.1) is 12.1 Å². The van der Waals surface area contributed by atoms with Crippen LogP contribution in [0.2, 0.25) is 0 Å². The number of nitrogens with zero attached hydrogens (tertiary/aromatic N) is 1. The average Bonchev–Trinajstić information content (AvgIpc) is 2.01. The van der Waals surface area contributed by atoms with Gasteiger partial charge in [0.25, 0.3) is 0 Å². The minimum Gasteiger partial charge on any atom is -0.481 e. The zero-order valence-corrected chi connectivity index (χ0v) is 9.71. The van der Waals surface area contributed by atoms with Crippen LogP contribution in [0.4, 0.5) is 5.69 Å². The summed E-state index contributed by atoms with van der Waals surface area (Å²) in [5, 5.41) is 8.61. The summed E-state index contributed by atoms with van der Waals surface area (Å²) in [5.41, 5.74) is 1.84.